The molecule has 2 heterocycles. The Morgan fingerprint density at radius 2 is 2.00 bits per heavy atom. The van der Waals surface area contributed by atoms with Crippen LogP contribution in [0.5, 0.6) is 0 Å². The molecule has 1 aromatic heterocycles. The SMILES string of the molecule is O=C(NC1CCC1)C1=C[C@H](c2ccsc2)C[C@H](OCc2ccc(CO)cc2)O1. The number of amides is 1. The Labute approximate surface area is 169 Å². The van der Waals surface area contributed by atoms with Gasteiger partial charge in [0.15, 0.2) is 5.76 Å². The molecule has 1 amide bonds. The molecule has 0 unspecified atom stereocenters. The highest BCUT2D eigenvalue weighted by Crippen LogP contribution is 2.33. The second-order valence-electron chi connectivity index (χ2n) is 7.36. The first-order valence-corrected chi connectivity index (χ1v) is 10.7. The summed E-state index contributed by atoms with van der Waals surface area (Å²) < 4.78 is 11.9. The molecule has 6 heteroatoms. The van der Waals surface area contributed by atoms with E-state index in [1.165, 1.54) is 12.0 Å². The monoisotopic (exact) mass is 399 g/mol. The number of rotatable bonds is 7. The van der Waals surface area contributed by atoms with Crippen molar-refractivity contribution in [3.05, 3.63) is 69.6 Å². The third-order valence-electron chi connectivity index (χ3n) is 5.33. The van der Waals surface area contributed by atoms with Gasteiger partial charge in [-0.1, -0.05) is 24.3 Å². The average molecular weight is 400 g/mol. The van der Waals surface area contributed by atoms with Crippen LogP contribution in [0.15, 0.2) is 52.9 Å². The Kier molecular flexibility index (Phi) is 6.10. The highest BCUT2D eigenvalue weighted by atomic mass is 32.1. The molecule has 0 saturated heterocycles. The van der Waals surface area contributed by atoms with Gasteiger partial charge < -0.3 is 19.9 Å². The molecule has 1 aromatic carbocycles. The summed E-state index contributed by atoms with van der Waals surface area (Å²) in [7, 11) is 0. The van der Waals surface area contributed by atoms with E-state index in [2.05, 4.69) is 16.8 Å². The number of nitrogens with one attached hydrogen (secondary N) is 1. The van der Waals surface area contributed by atoms with Crippen molar-refractivity contribution in [1.82, 2.24) is 5.32 Å². The van der Waals surface area contributed by atoms with Crippen LogP contribution in [-0.4, -0.2) is 23.3 Å². The summed E-state index contributed by atoms with van der Waals surface area (Å²) in [5.74, 6) is 0.310. The maximum atomic E-state index is 12.6. The molecule has 1 fully saturated rings. The van der Waals surface area contributed by atoms with Crippen molar-refractivity contribution in [2.75, 3.05) is 0 Å². The molecule has 148 valence electrons. The number of carbonyl (C=O) groups is 1. The summed E-state index contributed by atoms with van der Waals surface area (Å²) in [5, 5.41) is 16.4. The first-order chi connectivity index (χ1) is 13.7. The van der Waals surface area contributed by atoms with Gasteiger partial charge in [-0.25, -0.2) is 0 Å². The van der Waals surface area contributed by atoms with Crippen molar-refractivity contribution in [3.8, 4) is 0 Å². The van der Waals surface area contributed by atoms with Gasteiger partial charge in [-0.15, -0.1) is 0 Å². The molecule has 1 saturated carbocycles. The smallest absolute Gasteiger partial charge is 0.286 e. The van der Waals surface area contributed by atoms with Gasteiger partial charge in [-0.05, 0) is 58.9 Å². The van der Waals surface area contributed by atoms with Crippen LogP contribution in [0.3, 0.4) is 0 Å². The minimum atomic E-state index is -0.477. The molecule has 2 aliphatic rings. The van der Waals surface area contributed by atoms with Gasteiger partial charge in [0.05, 0.1) is 13.2 Å². The third kappa shape index (κ3) is 4.63. The predicted octanol–water partition coefficient (Wildman–Crippen LogP) is 3.84. The van der Waals surface area contributed by atoms with E-state index in [1.807, 2.05) is 35.7 Å². The van der Waals surface area contributed by atoms with Crippen molar-refractivity contribution < 1.29 is 19.4 Å². The molecule has 1 aliphatic heterocycles. The lowest BCUT2D eigenvalue weighted by Crippen LogP contribution is -2.42. The average Bonchev–Trinajstić information content (AvgIpc) is 3.24. The minimum absolute atomic E-state index is 0.0272. The molecule has 5 nitrogen and oxygen atoms in total. The Morgan fingerprint density at radius 1 is 1.21 bits per heavy atom. The van der Waals surface area contributed by atoms with Crippen molar-refractivity contribution in [3.63, 3.8) is 0 Å². The number of aliphatic hydroxyl groups is 1. The van der Waals surface area contributed by atoms with Crippen molar-refractivity contribution in [2.45, 2.75) is 57.1 Å². The largest absolute Gasteiger partial charge is 0.459 e. The molecule has 2 atom stereocenters. The zero-order valence-corrected chi connectivity index (χ0v) is 16.5. The van der Waals surface area contributed by atoms with Gasteiger partial charge >= 0.3 is 0 Å². The molecule has 0 radical (unpaired) electrons. The number of allylic oxidation sites excluding steroid dienone is 1. The van der Waals surface area contributed by atoms with Crippen LogP contribution >= 0.6 is 11.3 Å². The molecule has 0 spiro atoms. The van der Waals surface area contributed by atoms with E-state index in [0.29, 0.717) is 18.8 Å². The predicted molar refractivity (Wildman–Crippen MR) is 108 cm³/mol. The van der Waals surface area contributed by atoms with Crippen LogP contribution in [0.2, 0.25) is 0 Å². The van der Waals surface area contributed by atoms with E-state index in [1.54, 1.807) is 11.3 Å². The highest BCUT2D eigenvalue weighted by molar-refractivity contribution is 7.08. The van der Waals surface area contributed by atoms with E-state index < -0.39 is 6.29 Å². The summed E-state index contributed by atoms with van der Waals surface area (Å²) in [4.78, 5) is 12.6. The Bertz CT molecular complexity index is 812. The van der Waals surface area contributed by atoms with Gasteiger partial charge in [-0.2, -0.15) is 11.3 Å². The summed E-state index contributed by atoms with van der Waals surface area (Å²) >= 11 is 1.65. The quantitative estimate of drug-likeness (QED) is 0.742. The van der Waals surface area contributed by atoms with E-state index >= 15 is 0 Å². The summed E-state index contributed by atoms with van der Waals surface area (Å²) in [6.07, 6.45) is 5.36. The maximum Gasteiger partial charge on any atom is 0.286 e. The molecular formula is C22H25NO4S. The summed E-state index contributed by atoms with van der Waals surface area (Å²) in [5.41, 5.74) is 3.05. The lowest BCUT2D eigenvalue weighted by molar-refractivity contribution is -0.150. The van der Waals surface area contributed by atoms with Crippen LogP contribution in [-0.2, 0) is 27.5 Å². The van der Waals surface area contributed by atoms with Crippen molar-refractivity contribution >= 4 is 17.2 Å². The molecule has 4 rings (SSSR count). The summed E-state index contributed by atoms with van der Waals surface area (Å²) in [6, 6.07) is 9.99. The van der Waals surface area contributed by atoms with Gasteiger partial charge in [0.25, 0.3) is 5.91 Å². The van der Waals surface area contributed by atoms with E-state index in [0.717, 1.165) is 24.0 Å². The van der Waals surface area contributed by atoms with Crippen molar-refractivity contribution in [2.24, 2.45) is 0 Å². The third-order valence-corrected chi connectivity index (χ3v) is 6.04. The molecule has 1 aliphatic carbocycles. The van der Waals surface area contributed by atoms with Crippen LogP contribution in [0.4, 0.5) is 0 Å². The fraction of sp³-hybridized carbons (Fsp3) is 0.409. The second-order valence-corrected chi connectivity index (χ2v) is 8.14. The fourth-order valence-corrected chi connectivity index (χ4v) is 4.10. The van der Waals surface area contributed by atoms with Crippen LogP contribution in [0, 0.1) is 0 Å². The van der Waals surface area contributed by atoms with Gasteiger partial charge in [-0.3, -0.25) is 4.79 Å². The van der Waals surface area contributed by atoms with Crippen LogP contribution in [0.25, 0.3) is 0 Å². The van der Waals surface area contributed by atoms with Gasteiger partial charge in [0, 0.05) is 18.4 Å². The van der Waals surface area contributed by atoms with Gasteiger partial charge in [0.2, 0.25) is 6.29 Å². The van der Waals surface area contributed by atoms with E-state index in [4.69, 9.17) is 14.6 Å². The second kappa shape index (κ2) is 8.90. The van der Waals surface area contributed by atoms with Crippen LogP contribution in [0.1, 0.15) is 48.3 Å². The first-order valence-electron chi connectivity index (χ1n) is 9.73. The molecule has 2 N–H and O–H groups in total. The minimum Gasteiger partial charge on any atom is -0.459 e. The molecular weight excluding hydrogens is 374 g/mol. The van der Waals surface area contributed by atoms with Crippen LogP contribution < -0.4 is 5.32 Å². The number of thiophene rings is 1. The number of aliphatic hydroxyl groups excluding tert-OH is 1. The number of hydrogen-bond donors (Lipinski definition) is 2. The zero-order valence-electron chi connectivity index (χ0n) is 15.7. The normalized spacial score (nSPS) is 22.1. The van der Waals surface area contributed by atoms with Gasteiger partial charge in [0.1, 0.15) is 0 Å². The van der Waals surface area contributed by atoms with Crippen molar-refractivity contribution in [1.29, 1.82) is 0 Å². The molecule has 2 aromatic rings. The highest BCUT2D eigenvalue weighted by Gasteiger charge is 2.30. The van der Waals surface area contributed by atoms with E-state index in [-0.39, 0.29) is 24.5 Å². The number of ether oxygens (including phenoxy) is 2. The number of carbonyl (C=O) groups excluding carboxylic acids is 1. The maximum absolute atomic E-state index is 12.6. The first kappa shape index (κ1) is 19.2. The fourth-order valence-electron chi connectivity index (χ4n) is 3.38. The summed E-state index contributed by atoms with van der Waals surface area (Å²) in [6.45, 7) is 0.420. The standard InChI is InChI=1S/C22H25NO4S/c24-12-15-4-6-16(7-5-15)13-26-21-11-18(17-8-9-28-14-17)10-20(27-21)22(25)23-19-2-1-3-19/h4-10,14,18-19,21,24H,1-3,11-13H2,(H,23,25)/t18-,21+/m0/s1. The Balaban J connectivity index is 1.43. The Hall–Kier alpha value is -2.15. The zero-order chi connectivity index (χ0) is 19.3. The lowest BCUT2D eigenvalue weighted by atomic mass is 9.92. The molecule has 0 bridgehead atoms. The topological polar surface area (TPSA) is 67.8 Å². The molecule has 28 heavy (non-hydrogen) atoms. The number of hydrogen-bond acceptors (Lipinski definition) is 5. The Morgan fingerprint density at radius 3 is 2.64 bits per heavy atom. The van der Waals surface area contributed by atoms with E-state index in [9.17, 15) is 4.79 Å². The lowest BCUT2D eigenvalue weighted by Gasteiger charge is -2.31. The number of benzene rings is 1.